The molecular weight excluding hydrogens is 366 g/mol. The highest BCUT2D eigenvalue weighted by Gasteiger charge is 2.13. The van der Waals surface area contributed by atoms with E-state index in [4.69, 9.17) is 4.42 Å². The number of hydrogen-bond acceptors (Lipinski definition) is 7. The van der Waals surface area contributed by atoms with Crippen LogP contribution in [-0.2, 0) is 0 Å². The van der Waals surface area contributed by atoms with Crippen molar-refractivity contribution in [3.8, 4) is 28.7 Å². The van der Waals surface area contributed by atoms with Crippen molar-refractivity contribution in [3.05, 3.63) is 58.2 Å². The van der Waals surface area contributed by atoms with Crippen LogP contribution in [0.15, 0.2) is 62.4 Å². The van der Waals surface area contributed by atoms with Crippen molar-refractivity contribution in [1.82, 2.24) is 4.68 Å². The second-order valence-electron chi connectivity index (χ2n) is 5.70. The lowest BCUT2D eigenvalue weighted by Crippen LogP contribution is -2.11. The largest absolute Gasteiger partial charge is 0.504 e. The van der Waals surface area contributed by atoms with Gasteiger partial charge in [0.05, 0.1) is 6.21 Å². The van der Waals surface area contributed by atoms with Crippen molar-refractivity contribution in [2.45, 2.75) is 0 Å². The Morgan fingerprint density at radius 2 is 1.89 bits per heavy atom. The fourth-order valence-corrected chi connectivity index (χ4v) is 3.43. The van der Waals surface area contributed by atoms with Gasteiger partial charge < -0.3 is 19.7 Å². The molecule has 0 aliphatic heterocycles. The molecule has 8 heteroatoms. The number of aromatic hydroxyl groups is 3. The van der Waals surface area contributed by atoms with Crippen LogP contribution in [0.3, 0.4) is 0 Å². The summed E-state index contributed by atoms with van der Waals surface area (Å²) in [4.78, 5) is 4.84. The lowest BCUT2D eigenvalue weighted by atomic mass is 10.2. The molecule has 3 N–H and O–H groups in total. The molecule has 0 atom stereocenters. The lowest BCUT2D eigenvalue weighted by Gasteiger charge is -2.04. The zero-order valence-electron chi connectivity index (χ0n) is 14.2. The molecule has 0 saturated heterocycles. The molecule has 2 aromatic heterocycles. The molecule has 4 rings (SSSR count). The molecule has 0 unspecified atom stereocenters. The van der Waals surface area contributed by atoms with Gasteiger partial charge in [-0.05, 0) is 24.3 Å². The van der Waals surface area contributed by atoms with Crippen LogP contribution in [0.25, 0.3) is 22.4 Å². The Morgan fingerprint density at radius 1 is 1.07 bits per heavy atom. The zero-order chi connectivity index (χ0) is 19.0. The molecule has 0 saturated carbocycles. The van der Waals surface area contributed by atoms with Crippen molar-refractivity contribution in [2.24, 2.45) is 10.1 Å². The SMILES string of the molecule is CN=c1scc(-c2cc3ccccc3o2)n1N=Cc1ccc(O)c(O)c1O. The van der Waals surface area contributed by atoms with Gasteiger partial charge in [-0.1, -0.05) is 18.2 Å². The molecule has 0 spiro atoms. The summed E-state index contributed by atoms with van der Waals surface area (Å²) in [5, 5.41) is 36.3. The molecule has 0 bridgehead atoms. The number of aromatic nitrogens is 1. The minimum atomic E-state index is -0.591. The first-order valence-corrected chi connectivity index (χ1v) is 8.87. The van der Waals surface area contributed by atoms with Gasteiger partial charge in [-0.2, -0.15) is 5.10 Å². The average Bonchev–Trinajstić information content (AvgIpc) is 3.28. The maximum Gasteiger partial charge on any atom is 0.206 e. The van der Waals surface area contributed by atoms with Crippen LogP contribution in [0.1, 0.15) is 5.56 Å². The molecule has 2 heterocycles. The van der Waals surface area contributed by atoms with E-state index in [2.05, 4.69) is 10.1 Å². The van der Waals surface area contributed by atoms with Gasteiger partial charge in [-0.3, -0.25) is 4.99 Å². The van der Waals surface area contributed by atoms with E-state index >= 15 is 0 Å². The smallest absolute Gasteiger partial charge is 0.206 e. The molecule has 4 aromatic rings. The quantitative estimate of drug-likeness (QED) is 0.373. The molecule has 0 amide bonds. The highest BCUT2D eigenvalue weighted by atomic mass is 32.1. The van der Waals surface area contributed by atoms with Gasteiger partial charge in [-0.25, -0.2) is 4.68 Å². The molecule has 0 fully saturated rings. The number of nitrogens with zero attached hydrogens (tertiary/aromatic N) is 3. The van der Waals surface area contributed by atoms with Gasteiger partial charge in [-0.15, -0.1) is 11.3 Å². The van der Waals surface area contributed by atoms with E-state index in [0.29, 0.717) is 16.3 Å². The number of thiazole rings is 1. The topological polar surface area (TPSA) is 103 Å². The third-order valence-corrected chi connectivity index (χ3v) is 4.94. The van der Waals surface area contributed by atoms with Gasteiger partial charge in [0.25, 0.3) is 0 Å². The Hall–Kier alpha value is -3.52. The first-order chi connectivity index (χ1) is 13.1. The molecule has 136 valence electrons. The van der Waals surface area contributed by atoms with Crippen LogP contribution in [0.2, 0.25) is 0 Å². The van der Waals surface area contributed by atoms with Crippen LogP contribution in [-0.4, -0.2) is 33.3 Å². The fraction of sp³-hybridized carbons (Fsp3) is 0.0526. The van der Waals surface area contributed by atoms with E-state index in [1.165, 1.54) is 29.7 Å². The first kappa shape index (κ1) is 16.9. The average molecular weight is 381 g/mol. The van der Waals surface area contributed by atoms with E-state index in [0.717, 1.165) is 11.0 Å². The highest BCUT2D eigenvalue weighted by molar-refractivity contribution is 7.07. The molecular formula is C19H15N3O4S. The van der Waals surface area contributed by atoms with E-state index < -0.39 is 17.2 Å². The van der Waals surface area contributed by atoms with Gasteiger partial charge >= 0.3 is 0 Å². The fourth-order valence-electron chi connectivity index (χ4n) is 2.65. The summed E-state index contributed by atoms with van der Waals surface area (Å²) in [5.41, 5.74) is 1.72. The summed E-state index contributed by atoms with van der Waals surface area (Å²) in [6, 6.07) is 12.3. The third kappa shape index (κ3) is 2.96. The number of fused-ring (bicyclic) bond motifs is 1. The molecule has 7 nitrogen and oxygen atoms in total. The molecule has 2 aromatic carbocycles. The van der Waals surface area contributed by atoms with Crippen LogP contribution in [0.5, 0.6) is 17.2 Å². The predicted molar refractivity (Wildman–Crippen MR) is 103 cm³/mol. The van der Waals surface area contributed by atoms with E-state index in [9.17, 15) is 15.3 Å². The molecule has 0 radical (unpaired) electrons. The summed E-state index contributed by atoms with van der Waals surface area (Å²) >= 11 is 1.40. The molecule has 27 heavy (non-hydrogen) atoms. The number of hydrogen-bond donors (Lipinski definition) is 3. The number of furan rings is 1. The van der Waals surface area contributed by atoms with Crippen molar-refractivity contribution < 1.29 is 19.7 Å². The Bertz CT molecular complexity index is 1200. The Balaban J connectivity index is 1.81. The van der Waals surface area contributed by atoms with Gasteiger partial charge in [0.2, 0.25) is 10.6 Å². The van der Waals surface area contributed by atoms with Crippen LogP contribution in [0, 0.1) is 0 Å². The maximum absolute atomic E-state index is 9.97. The van der Waals surface area contributed by atoms with Gasteiger partial charge in [0.1, 0.15) is 11.3 Å². The monoisotopic (exact) mass is 381 g/mol. The molecule has 0 aliphatic carbocycles. The van der Waals surface area contributed by atoms with Crippen molar-refractivity contribution in [2.75, 3.05) is 7.05 Å². The van der Waals surface area contributed by atoms with Crippen LogP contribution < -0.4 is 4.80 Å². The minimum Gasteiger partial charge on any atom is -0.504 e. The predicted octanol–water partition coefficient (Wildman–Crippen LogP) is 3.49. The molecule has 0 aliphatic rings. The number of rotatable bonds is 3. The number of phenolic OH excluding ortho intramolecular Hbond substituents is 3. The number of benzene rings is 2. The highest BCUT2D eigenvalue weighted by Crippen LogP contribution is 2.36. The summed E-state index contributed by atoms with van der Waals surface area (Å²) in [6.07, 6.45) is 1.38. The lowest BCUT2D eigenvalue weighted by molar-refractivity contribution is 0.367. The standard InChI is InChI=1S/C19H15N3O4S/c1-20-19-22(21-9-12-6-7-14(23)18(25)17(12)24)13(10-27-19)16-8-11-4-2-3-5-15(11)26-16/h2-10,23-25H,1H3. The Morgan fingerprint density at radius 3 is 2.67 bits per heavy atom. The van der Waals surface area contributed by atoms with E-state index in [1.807, 2.05) is 35.7 Å². The van der Waals surface area contributed by atoms with Crippen LogP contribution >= 0.6 is 11.3 Å². The van der Waals surface area contributed by atoms with Crippen molar-refractivity contribution in [3.63, 3.8) is 0 Å². The summed E-state index contributed by atoms with van der Waals surface area (Å²) in [7, 11) is 1.66. The minimum absolute atomic E-state index is 0.251. The number of para-hydroxylation sites is 1. The van der Waals surface area contributed by atoms with Crippen molar-refractivity contribution >= 4 is 28.5 Å². The van der Waals surface area contributed by atoms with E-state index in [-0.39, 0.29) is 5.56 Å². The normalized spacial score (nSPS) is 12.4. The Kier molecular flexibility index (Phi) is 4.17. The van der Waals surface area contributed by atoms with Crippen molar-refractivity contribution in [1.29, 1.82) is 0 Å². The second-order valence-corrected chi connectivity index (χ2v) is 6.54. The third-order valence-electron chi connectivity index (χ3n) is 4.03. The Labute approximate surface area is 157 Å². The zero-order valence-corrected chi connectivity index (χ0v) is 15.0. The van der Waals surface area contributed by atoms with Gasteiger partial charge in [0, 0.05) is 23.4 Å². The first-order valence-electron chi connectivity index (χ1n) is 7.99. The van der Waals surface area contributed by atoms with Crippen LogP contribution in [0.4, 0.5) is 0 Å². The summed E-state index contributed by atoms with van der Waals surface area (Å²) < 4.78 is 7.50. The van der Waals surface area contributed by atoms with E-state index in [1.54, 1.807) is 11.7 Å². The number of phenols is 3. The maximum atomic E-state index is 9.97. The summed E-state index contributed by atoms with van der Waals surface area (Å²) in [6.45, 7) is 0. The summed E-state index contributed by atoms with van der Waals surface area (Å²) in [5.74, 6) is -0.806. The second kappa shape index (κ2) is 6.65. The van der Waals surface area contributed by atoms with Gasteiger partial charge in [0.15, 0.2) is 17.3 Å².